The Bertz CT molecular complexity index is 395. The van der Waals surface area contributed by atoms with E-state index < -0.39 is 0 Å². The number of ketones is 1. The van der Waals surface area contributed by atoms with Gasteiger partial charge in [-0.3, -0.25) is 4.79 Å². The van der Waals surface area contributed by atoms with Gasteiger partial charge in [0.2, 0.25) is 0 Å². The minimum atomic E-state index is -0.286. The quantitative estimate of drug-likeness (QED) is 0.741. The second-order valence-electron chi connectivity index (χ2n) is 4.54. The summed E-state index contributed by atoms with van der Waals surface area (Å²) in [6, 6.07) is 2.89. The van der Waals surface area contributed by atoms with Crippen molar-refractivity contribution in [2.24, 2.45) is 0 Å². The van der Waals surface area contributed by atoms with Gasteiger partial charge in [-0.1, -0.05) is 0 Å². The van der Waals surface area contributed by atoms with Gasteiger partial charge >= 0.3 is 0 Å². The van der Waals surface area contributed by atoms with Crippen molar-refractivity contribution in [1.29, 1.82) is 0 Å². The van der Waals surface area contributed by atoms with Crippen LogP contribution in [-0.2, 0) is 4.79 Å². The summed E-state index contributed by atoms with van der Waals surface area (Å²) in [5.41, 5.74) is 8.32. The van der Waals surface area contributed by atoms with Gasteiger partial charge in [0, 0.05) is 18.5 Å². The molecule has 0 heterocycles. The predicted octanol–water partition coefficient (Wildman–Crippen LogP) is 2.94. The van der Waals surface area contributed by atoms with Crippen LogP contribution >= 0.6 is 0 Å². The van der Waals surface area contributed by atoms with Crippen molar-refractivity contribution in [3.63, 3.8) is 0 Å². The number of carbonyl (C=O) groups excluding carboxylic acids is 1. The third kappa shape index (κ3) is 2.08. The van der Waals surface area contributed by atoms with Crippen molar-refractivity contribution in [3.8, 4) is 0 Å². The maximum atomic E-state index is 13.1. The Labute approximate surface area is 94.6 Å². The van der Waals surface area contributed by atoms with Gasteiger partial charge in [-0.15, -0.1) is 0 Å². The topological polar surface area (TPSA) is 43.1 Å². The maximum Gasteiger partial charge on any atom is 0.132 e. The fraction of sp³-hybridized carbons (Fsp3) is 0.462. The van der Waals surface area contributed by atoms with E-state index in [-0.39, 0.29) is 5.82 Å². The molecule has 1 aromatic rings. The van der Waals surface area contributed by atoms with Crippen molar-refractivity contribution in [1.82, 2.24) is 0 Å². The number of rotatable bonds is 1. The summed E-state index contributed by atoms with van der Waals surface area (Å²) in [5, 5.41) is 0. The first-order valence-corrected chi connectivity index (χ1v) is 5.65. The summed E-state index contributed by atoms with van der Waals surface area (Å²) >= 11 is 0. The third-order valence-corrected chi connectivity index (χ3v) is 3.34. The Hall–Kier alpha value is -1.38. The van der Waals surface area contributed by atoms with Gasteiger partial charge < -0.3 is 5.73 Å². The van der Waals surface area contributed by atoms with Crippen LogP contribution in [0.3, 0.4) is 0 Å². The van der Waals surface area contributed by atoms with Crippen molar-refractivity contribution in [2.75, 3.05) is 5.73 Å². The number of benzene rings is 1. The number of anilines is 1. The molecule has 0 radical (unpaired) electrons. The monoisotopic (exact) mass is 221 g/mol. The second-order valence-corrected chi connectivity index (χ2v) is 4.54. The molecule has 1 aliphatic rings. The molecule has 0 aromatic heterocycles. The molecule has 1 fully saturated rings. The summed E-state index contributed by atoms with van der Waals surface area (Å²) in [6.07, 6.45) is 2.94. The Balaban J connectivity index is 2.30. The third-order valence-electron chi connectivity index (χ3n) is 3.34. The molecule has 0 bridgehead atoms. The van der Waals surface area contributed by atoms with E-state index in [2.05, 4.69) is 0 Å². The Morgan fingerprint density at radius 2 is 1.94 bits per heavy atom. The molecular weight excluding hydrogens is 205 g/mol. The van der Waals surface area contributed by atoms with Crippen LogP contribution in [0.1, 0.15) is 42.7 Å². The predicted molar refractivity (Wildman–Crippen MR) is 61.8 cm³/mol. The van der Waals surface area contributed by atoms with E-state index in [1.54, 1.807) is 0 Å². The summed E-state index contributed by atoms with van der Waals surface area (Å²) in [6.45, 7) is 1.88. The van der Waals surface area contributed by atoms with Gasteiger partial charge in [-0.05, 0) is 48.9 Å². The van der Waals surface area contributed by atoms with Crippen molar-refractivity contribution >= 4 is 11.5 Å². The Morgan fingerprint density at radius 1 is 1.31 bits per heavy atom. The molecule has 1 aromatic carbocycles. The number of hydrogen-bond donors (Lipinski definition) is 1. The molecular formula is C13H16FNO. The summed E-state index contributed by atoms with van der Waals surface area (Å²) < 4.78 is 13.1. The van der Waals surface area contributed by atoms with Crippen LogP contribution in [0.5, 0.6) is 0 Å². The fourth-order valence-corrected chi connectivity index (χ4v) is 2.57. The standard InChI is InChI=1S/C13H16FNO/c1-8-6-10(14)7-12(15)13(8)9-2-4-11(16)5-3-9/h6-7,9H,2-5,15H2,1H3. The Morgan fingerprint density at radius 3 is 2.50 bits per heavy atom. The SMILES string of the molecule is Cc1cc(F)cc(N)c1C1CCC(=O)CC1. The van der Waals surface area contributed by atoms with E-state index in [9.17, 15) is 9.18 Å². The number of nitrogen functional groups attached to an aromatic ring is 1. The second kappa shape index (κ2) is 4.24. The lowest BCUT2D eigenvalue weighted by molar-refractivity contribution is -0.120. The minimum absolute atomic E-state index is 0.286. The van der Waals surface area contributed by atoms with Gasteiger partial charge in [0.15, 0.2) is 0 Å². The van der Waals surface area contributed by atoms with E-state index in [0.717, 1.165) is 24.0 Å². The largest absolute Gasteiger partial charge is 0.398 e. The fourth-order valence-electron chi connectivity index (χ4n) is 2.57. The zero-order valence-electron chi connectivity index (χ0n) is 9.42. The van der Waals surface area contributed by atoms with Crippen LogP contribution in [0, 0.1) is 12.7 Å². The summed E-state index contributed by atoms with van der Waals surface area (Å²) in [4.78, 5) is 11.2. The van der Waals surface area contributed by atoms with E-state index in [1.807, 2.05) is 6.92 Å². The normalized spacial score (nSPS) is 17.8. The summed E-state index contributed by atoms with van der Waals surface area (Å²) in [7, 11) is 0. The highest BCUT2D eigenvalue weighted by atomic mass is 19.1. The van der Waals surface area contributed by atoms with Crippen molar-refractivity contribution in [2.45, 2.75) is 38.5 Å². The van der Waals surface area contributed by atoms with Crippen LogP contribution in [-0.4, -0.2) is 5.78 Å². The molecule has 0 amide bonds. The van der Waals surface area contributed by atoms with Crippen LogP contribution in [0.2, 0.25) is 0 Å². The molecule has 16 heavy (non-hydrogen) atoms. The maximum absolute atomic E-state index is 13.1. The van der Waals surface area contributed by atoms with E-state index in [1.165, 1.54) is 12.1 Å². The highest BCUT2D eigenvalue weighted by Crippen LogP contribution is 2.36. The Kier molecular flexibility index (Phi) is 2.95. The average molecular weight is 221 g/mol. The highest BCUT2D eigenvalue weighted by Gasteiger charge is 2.23. The number of carbonyl (C=O) groups is 1. The number of aryl methyl sites for hydroxylation is 1. The first-order chi connectivity index (χ1) is 7.58. The van der Waals surface area contributed by atoms with E-state index >= 15 is 0 Å². The molecule has 0 atom stereocenters. The zero-order valence-corrected chi connectivity index (χ0v) is 9.42. The molecule has 2 N–H and O–H groups in total. The van der Waals surface area contributed by atoms with Crippen LogP contribution in [0.25, 0.3) is 0 Å². The van der Waals surface area contributed by atoms with Crippen LogP contribution in [0.4, 0.5) is 10.1 Å². The van der Waals surface area contributed by atoms with E-state index in [0.29, 0.717) is 30.2 Å². The van der Waals surface area contributed by atoms with Gasteiger partial charge in [0.1, 0.15) is 11.6 Å². The lowest BCUT2D eigenvalue weighted by Crippen LogP contribution is -2.15. The first-order valence-electron chi connectivity index (χ1n) is 5.65. The number of hydrogen-bond acceptors (Lipinski definition) is 2. The van der Waals surface area contributed by atoms with Crippen molar-refractivity contribution < 1.29 is 9.18 Å². The van der Waals surface area contributed by atoms with Crippen LogP contribution in [0.15, 0.2) is 12.1 Å². The van der Waals surface area contributed by atoms with Crippen LogP contribution < -0.4 is 5.73 Å². The summed E-state index contributed by atoms with van der Waals surface area (Å²) in [5.74, 6) is 0.360. The number of halogens is 1. The van der Waals surface area contributed by atoms with Gasteiger partial charge in [0.05, 0.1) is 0 Å². The van der Waals surface area contributed by atoms with Gasteiger partial charge in [-0.25, -0.2) is 4.39 Å². The van der Waals surface area contributed by atoms with E-state index in [4.69, 9.17) is 5.73 Å². The van der Waals surface area contributed by atoms with Crippen molar-refractivity contribution in [3.05, 3.63) is 29.1 Å². The molecule has 0 saturated heterocycles. The molecule has 1 aliphatic carbocycles. The lowest BCUT2D eigenvalue weighted by atomic mass is 9.81. The highest BCUT2D eigenvalue weighted by molar-refractivity contribution is 5.79. The molecule has 0 aliphatic heterocycles. The zero-order chi connectivity index (χ0) is 11.7. The average Bonchev–Trinajstić information content (AvgIpc) is 2.19. The van der Waals surface area contributed by atoms with Gasteiger partial charge in [0.25, 0.3) is 0 Å². The molecule has 2 rings (SSSR count). The van der Waals surface area contributed by atoms with Gasteiger partial charge in [-0.2, -0.15) is 0 Å². The first kappa shape index (κ1) is 11.1. The molecule has 0 spiro atoms. The molecule has 3 heteroatoms. The minimum Gasteiger partial charge on any atom is -0.398 e. The molecule has 2 nitrogen and oxygen atoms in total. The molecule has 0 unspecified atom stereocenters. The molecule has 1 saturated carbocycles. The lowest BCUT2D eigenvalue weighted by Gasteiger charge is -2.24. The number of nitrogens with two attached hydrogens (primary N) is 1. The smallest absolute Gasteiger partial charge is 0.132 e. The number of Topliss-reactive ketones (excluding diaryl/α,β-unsaturated/α-hetero) is 1. The molecule has 86 valence electrons.